The monoisotopic (exact) mass is 354 g/mol. The molecule has 0 aliphatic heterocycles. The van der Waals surface area contributed by atoms with Crippen LogP contribution in [0.1, 0.15) is 36.7 Å². The summed E-state index contributed by atoms with van der Waals surface area (Å²) in [5, 5.41) is 9.94. The molecule has 0 atom stereocenters. The van der Waals surface area contributed by atoms with Crippen LogP contribution >= 0.6 is 23.1 Å². The zero-order valence-corrected chi connectivity index (χ0v) is 15.0. The summed E-state index contributed by atoms with van der Waals surface area (Å²) in [7, 11) is 1.48. The molecule has 7 heteroatoms. The summed E-state index contributed by atoms with van der Waals surface area (Å²) in [5.41, 5.74) is 0.748. The smallest absolute Gasteiger partial charge is 0.282 e. The SMILES string of the molecule is COc1ccc(Cl)cc1C(=O)N=c1sn(C(C)(C)C)cc1CO. The number of carbonyl (C=O) groups is 1. The van der Waals surface area contributed by atoms with E-state index in [0.29, 0.717) is 26.6 Å². The number of ether oxygens (including phenoxy) is 1. The van der Waals surface area contributed by atoms with Gasteiger partial charge in [0.15, 0.2) is 0 Å². The highest BCUT2D eigenvalue weighted by molar-refractivity contribution is 7.04. The molecule has 5 nitrogen and oxygen atoms in total. The minimum Gasteiger partial charge on any atom is -0.496 e. The maximum absolute atomic E-state index is 12.5. The highest BCUT2D eigenvalue weighted by Crippen LogP contribution is 2.23. The summed E-state index contributed by atoms with van der Waals surface area (Å²) in [6.45, 7) is 5.93. The van der Waals surface area contributed by atoms with Crippen molar-refractivity contribution in [1.82, 2.24) is 3.96 Å². The van der Waals surface area contributed by atoms with Gasteiger partial charge in [-0.15, -0.1) is 0 Å². The van der Waals surface area contributed by atoms with Crippen LogP contribution in [-0.4, -0.2) is 22.1 Å². The van der Waals surface area contributed by atoms with Gasteiger partial charge in [0, 0.05) is 22.3 Å². The number of amides is 1. The Hall–Kier alpha value is -1.63. The van der Waals surface area contributed by atoms with E-state index >= 15 is 0 Å². The maximum Gasteiger partial charge on any atom is 0.282 e. The van der Waals surface area contributed by atoms with E-state index in [4.69, 9.17) is 16.3 Å². The largest absolute Gasteiger partial charge is 0.496 e. The number of carbonyl (C=O) groups excluding carboxylic acids is 1. The molecule has 0 fully saturated rings. The van der Waals surface area contributed by atoms with E-state index in [0.717, 1.165) is 0 Å². The standard InChI is InChI=1S/C16H19ClN2O3S/c1-16(2,3)19-8-10(9-20)15(23-19)18-14(21)12-7-11(17)5-6-13(12)22-4/h5-8,20H,9H2,1-4H3. The molecule has 0 aliphatic rings. The first-order chi connectivity index (χ1) is 10.8. The first-order valence-corrected chi connectivity index (χ1v) is 8.17. The molecule has 0 saturated carbocycles. The van der Waals surface area contributed by atoms with Crippen molar-refractivity contribution < 1.29 is 14.6 Å². The normalized spacial score (nSPS) is 12.5. The second-order valence-corrected chi connectivity index (χ2v) is 7.37. The van der Waals surface area contributed by atoms with Crippen molar-refractivity contribution in [3.8, 4) is 5.75 Å². The maximum atomic E-state index is 12.5. The van der Waals surface area contributed by atoms with Crippen molar-refractivity contribution >= 4 is 29.0 Å². The molecule has 1 heterocycles. The van der Waals surface area contributed by atoms with Gasteiger partial charge in [-0.05, 0) is 50.5 Å². The predicted molar refractivity (Wildman–Crippen MR) is 91.1 cm³/mol. The Morgan fingerprint density at radius 3 is 2.70 bits per heavy atom. The minimum absolute atomic E-state index is 0.154. The highest BCUT2D eigenvalue weighted by Gasteiger charge is 2.17. The number of hydrogen-bond acceptors (Lipinski definition) is 4. The summed E-state index contributed by atoms with van der Waals surface area (Å²) in [5.74, 6) is -0.0455. The van der Waals surface area contributed by atoms with Crippen LogP contribution in [0.25, 0.3) is 0 Å². The molecule has 1 aromatic heterocycles. The lowest BCUT2D eigenvalue weighted by molar-refractivity contribution is 0.0996. The zero-order chi connectivity index (χ0) is 17.2. The van der Waals surface area contributed by atoms with E-state index in [1.54, 1.807) is 12.1 Å². The van der Waals surface area contributed by atoms with Crippen LogP contribution < -0.4 is 9.41 Å². The Bertz CT molecular complexity index is 787. The van der Waals surface area contributed by atoms with E-state index in [9.17, 15) is 9.90 Å². The van der Waals surface area contributed by atoms with Gasteiger partial charge in [0.25, 0.3) is 5.91 Å². The van der Waals surface area contributed by atoms with Gasteiger partial charge in [-0.25, -0.2) is 0 Å². The Labute approximate surface area is 144 Å². The Balaban J connectivity index is 2.52. The van der Waals surface area contributed by atoms with E-state index in [1.165, 1.54) is 24.7 Å². The van der Waals surface area contributed by atoms with Crippen LogP contribution in [0, 0.1) is 0 Å². The Morgan fingerprint density at radius 1 is 1.43 bits per heavy atom. The lowest BCUT2D eigenvalue weighted by Crippen LogP contribution is -2.18. The van der Waals surface area contributed by atoms with E-state index in [1.807, 2.05) is 30.9 Å². The third-order valence-electron chi connectivity index (χ3n) is 3.16. The van der Waals surface area contributed by atoms with Gasteiger partial charge in [-0.3, -0.25) is 8.75 Å². The van der Waals surface area contributed by atoms with Crippen LogP contribution in [0.2, 0.25) is 5.02 Å². The van der Waals surface area contributed by atoms with E-state index in [2.05, 4.69) is 4.99 Å². The first-order valence-electron chi connectivity index (χ1n) is 7.02. The van der Waals surface area contributed by atoms with Crippen molar-refractivity contribution in [3.05, 3.63) is 45.2 Å². The molecule has 23 heavy (non-hydrogen) atoms. The molecule has 0 spiro atoms. The third kappa shape index (κ3) is 4.02. The van der Waals surface area contributed by atoms with Crippen molar-refractivity contribution in [1.29, 1.82) is 0 Å². The first kappa shape index (κ1) is 17.7. The summed E-state index contributed by atoms with van der Waals surface area (Å²) >= 11 is 7.28. The molecule has 1 aromatic carbocycles. The topological polar surface area (TPSA) is 63.8 Å². The molecule has 124 valence electrons. The van der Waals surface area contributed by atoms with E-state index in [-0.39, 0.29) is 12.1 Å². The van der Waals surface area contributed by atoms with Crippen LogP contribution in [0.3, 0.4) is 0 Å². The molecule has 0 unspecified atom stereocenters. The Kier molecular flexibility index (Phi) is 5.29. The van der Waals surface area contributed by atoms with Gasteiger partial charge in [-0.1, -0.05) is 11.6 Å². The number of nitrogens with zero attached hydrogens (tertiary/aromatic N) is 2. The van der Waals surface area contributed by atoms with Crippen LogP contribution in [0.4, 0.5) is 0 Å². The van der Waals surface area contributed by atoms with Gasteiger partial charge in [-0.2, -0.15) is 4.99 Å². The zero-order valence-electron chi connectivity index (χ0n) is 13.5. The number of aliphatic hydroxyl groups excluding tert-OH is 1. The van der Waals surface area contributed by atoms with Gasteiger partial charge >= 0.3 is 0 Å². The molecule has 0 saturated heterocycles. The van der Waals surface area contributed by atoms with E-state index < -0.39 is 5.91 Å². The molecule has 1 N–H and O–H groups in total. The van der Waals surface area contributed by atoms with Crippen LogP contribution in [-0.2, 0) is 12.1 Å². The number of hydrogen-bond donors (Lipinski definition) is 1. The highest BCUT2D eigenvalue weighted by atomic mass is 35.5. The number of aromatic nitrogens is 1. The molecule has 0 radical (unpaired) electrons. The summed E-state index contributed by atoms with van der Waals surface area (Å²) < 4.78 is 7.62. The number of rotatable bonds is 3. The molecule has 0 bridgehead atoms. The molecule has 2 rings (SSSR count). The summed E-state index contributed by atoms with van der Waals surface area (Å²) in [6.07, 6.45) is 1.81. The lowest BCUT2D eigenvalue weighted by atomic mass is 10.1. The van der Waals surface area contributed by atoms with Crippen molar-refractivity contribution in [2.24, 2.45) is 4.99 Å². The molecular formula is C16H19ClN2O3S. The average Bonchev–Trinajstić information content (AvgIpc) is 2.90. The number of aliphatic hydroxyl groups is 1. The van der Waals surface area contributed by atoms with Gasteiger partial charge < -0.3 is 9.84 Å². The molecule has 1 amide bonds. The minimum atomic E-state index is -0.457. The Morgan fingerprint density at radius 2 is 2.13 bits per heavy atom. The molecular weight excluding hydrogens is 336 g/mol. The molecule has 0 aliphatic carbocycles. The fourth-order valence-corrected chi connectivity index (χ4v) is 3.08. The van der Waals surface area contributed by atoms with Crippen LogP contribution in [0.5, 0.6) is 5.75 Å². The second-order valence-electron chi connectivity index (χ2n) is 5.97. The summed E-state index contributed by atoms with van der Waals surface area (Å²) in [6, 6.07) is 4.80. The fraction of sp³-hybridized carbons (Fsp3) is 0.375. The lowest BCUT2D eigenvalue weighted by Gasteiger charge is -2.19. The van der Waals surface area contributed by atoms with Crippen molar-refractivity contribution in [3.63, 3.8) is 0 Å². The second kappa shape index (κ2) is 6.86. The summed E-state index contributed by atoms with van der Waals surface area (Å²) in [4.78, 5) is 16.6. The third-order valence-corrected chi connectivity index (χ3v) is 4.77. The van der Waals surface area contributed by atoms with Gasteiger partial charge in [0.2, 0.25) is 0 Å². The van der Waals surface area contributed by atoms with Gasteiger partial charge in [0.05, 0.1) is 19.3 Å². The number of benzene rings is 1. The average molecular weight is 355 g/mol. The number of methoxy groups -OCH3 is 1. The molecule has 2 aromatic rings. The van der Waals surface area contributed by atoms with Crippen LogP contribution in [0.15, 0.2) is 29.4 Å². The predicted octanol–water partition coefficient (Wildman–Crippen LogP) is 3.20. The quantitative estimate of drug-likeness (QED) is 0.920. The van der Waals surface area contributed by atoms with Gasteiger partial charge in [0.1, 0.15) is 10.4 Å². The number of halogens is 1. The van der Waals surface area contributed by atoms with Crippen molar-refractivity contribution in [2.75, 3.05) is 7.11 Å². The van der Waals surface area contributed by atoms with Crippen molar-refractivity contribution in [2.45, 2.75) is 32.9 Å². The fourth-order valence-electron chi connectivity index (χ4n) is 1.91.